The van der Waals surface area contributed by atoms with Crippen molar-refractivity contribution in [3.63, 3.8) is 0 Å². The van der Waals surface area contributed by atoms with Crippen LogP contribution in [0.1, 0.15) is 11.1 Å². The second-order valence-electron chi connectivity index (χ2n) is 4.18. The third-order valence-electron chi connectivity index (χ3n) is 2.74. The molecule has 18 heavy (non-hydrogen) atoms. The normalized spacial score (nSPS) is 10.2. The minimum atomic E-state index is -0.240. The molecule has 2 rings (SSSR count). The van der Waals surface area contributed by atoms with Crippen molar-refractivity contribution in [3.05, 3.63) is 59.4 Å². The highest BCUT2D eigenvalue weighted by molar-refractivity contribution is 5.46. The van der Waals surface area contributed by atoms with Gasteiger partial charge in [-0.25, -0.2) is 4.39 Å². The average molecular weight is 245 g/mol. The van der Waals surface area contributed by atoms with Crippen LogP contribution < -0.4 is 10.1 Å². The average Bonchev–Trinajstić information content (AvgIpc) is 2.37. The number of halogens is 1. The first-order valence-electron chi connectivity index (χ1n) is 5.82. The van der Waals surface area contributed by atoms with Crippen molar-refractivity contribution >= 4 is 5.69 Å². The van der Waals surface area contributed by atoms with Gasteiger partial charge in [0.15, 0.2) is 0 Å². The summed E-state index contributed by atoms with van der Waals surface area (Å²) < 4.78 is 18.3. The summed E-state index contributed by atoms with van der Waals surface area (Å²) in [5, 5.41) is 3.18. The maximum Gasteiger partial charge on any atom is 0.125 e. The molecule has 0 radical (unpaired) electrons. The molecule has 0 amide bonds. The first-order valence-corrected chi connectivity index (χ1v) is 5.82. The van der Waals surface area contributed by atoms with E-state index in [-0.39, 0.29) is 5.82 Å². The maximum absolute atomic E-state index is 13.0. The zero-order chi connectivity index (χ0) is 13.0. The lowest BCUT2D eigenvalue weighted by atomic mass is 10.1. The lowest BCUT2D eigenvalue weighted by Crippen LogP contribution is -2.02. The highest BCUT2D eigenvalue weighted by Gasteiger charge is 2.03. The van der Waals surface area contributed by atoms with E-state index < -0.39 is 0 Å². The molecule has 3 heteroatoms. The SMILES string of the molecule is COc1ccc(C)cc1CNc1cccc(F)c1. The van der Waals surface area contributed by atoms with Crippen LogP contribution in [0.25, 0.3) is 0 Å². The van der Waals surface area contributed by atoms with Crippen LogP contribution in [0.15, 0.2) is 42.5 Å². The summed E-state index contributed by atoms with van der Waals surface area (Å²) in [7, 11) is 1.65. The van der Waals surface area contributed by atoms with Gasteiger partial charge in [-0.15, -0.1) is 0 Å². The summed E-state index contributed by atoms with van der Waals surface area (Å²) in [4.78, 5) is 0. The van der Waals surface area contributed by atoms with Gasteiger partial charge in [0.2, 0.25) is 0 Å². The Morgan fingerprint density at radius 1 is 1.17 bits per heavy atom. The van der Waals surface area contributed by atoms with Crippen LogP contribution in [-0.2, 0) is 6.54 Å². The fourth-order valence-corrected chi connectivity index (χ4v) is 1.84. The number of hydrogen-bond donors (Lipinski definition) is 1. The summed E-state index contributed by atoms with van der Waals surface area (Å²) in [6, 6.07) is 12.4. The minimum Gasteiger partial charge on any atom is -0.496 e. The first kappa shape index (κ1) is 12.4. The van der Waals surface area contributed by atoms with Crippen molar-refractivity contribution in [2.24, 2.45) is 0 Å². The summed E-state index contributed by atoms with van der Waals surface area (Å²) in [5.74, 6) is 0.598. The van der Waals surface area contributed by atoms with Crippen molar-refractivity contribution < 1.29 is 9.13 Å². The summed E-state index contributed by atoms with van der Waals surface area (Å²) >= 11 is 0. The highest BCUT2D eigenvalue weighted by Crippen LogP contribution is 2.21. The van der Waals surface area contributed by atoms with E-state index in [1.165, 1.54) is 17.7 Å². The molecule has 0 aliphatic heterocycles. The maximum atomic E-state index is 13.0. The van der Waals surface area contributed by atoms with Crippen LogP contribution in [0.4, 0.5) is 10.1 Å². The molecule has 0 heterocycles. The summed E-state index contributed by atoms with van der Waals surface area (Å²) in [6.07, 6.45) is 0. The molecule has 0 aliphatic carbocycles. The molecule has 2 aromatic rings. The molecule has 0 atom stereocenters. The van der Waals surface area contributed by atoms with Gasteiger partial charge in [-0.2, -0.15) is 0 Å². The van der Waals surface area contributed by atoms with Crippen molar-refractivity contribution in [2.75, 3.05) is 12.4 Å². The van der Waals surface area contributed by atoms with Crippen LogP contribution in [0.3, 0.4) is 0 Å². The van der Waals surface area contributed by atoms with Crippen LogP contribution in [0.2, 0.25) is 0 Å². The standard InChI is InChI=1S/C15H16FNO/c1-11-6-7-15(18-2)12(8-11)10-17-14-5-3-4-13(16)9-14/h3-9,17H,10H2,1-2H3. The third kappa shape index (κ3) is 3.00. The predicted octanol–water partition coefficient (Wildman–Crippen LogP) is 3.75. The van der Waals surface area contributed by atoms with Gasteiger partial charge >= 0.3 is 0 Å². The number of methoxy groups -OCH3 is 1. The summed E-state index contributed by atoms with van der Waals surface area (Å²) in [5.41, 5.74) is 2.99. The van der Waals surface area contributed by atoms with E-state index in [2.05, 4.69) is 11.4 Å². The Hall–Kier alpha value is -2.03. The molecule has 94 valence electrons. The van der Waals surface area contributed by atoms with Gasteiger partial charge in [0.25, 0.3) is 0 Å². The molecule has 0 bridgehead atoms. The van der Waals surface area contributed by atoms with Crippen molar-refractivity contribution in [2.45, 2.75) is 13.5 Å². The second-order valence-corrected chi connectivity index (χ2v) is 4.18. The number of hydrogen-bond acceptors (Lipinski definition) is 2. The molecule has 0 fully saturated rings. The molecule has 0 spiro atoms. The molecular weight excluding hydrogens is 229 g/mol. The van der Waals surface area contributed by atoms with Crippen molar-refractivity contribution in [1.29, 1.82) is 0 Å². The monoisotopic (exact) mass is 245 g/mol. The minimum absolute atomic E-state index is 0.240. The van der Waals surface area contributed by atoms with Gasteiger partial charge in [-0.05, 0) is 31.2 Å². The van der Waals surface area contributed by atoms with Gasteiger partial charge in [-0.1, -0.05) is 23.8 Å². The van der Waals surface area contributed by atoms with Crippen LogP contribution in [-0.4, -0.2) is 7.11 Å². The molecule has 0 saturated carbocycles. The van der Waals surface area contributed by atoms with E-state index in [0.29, 0.717) is 6.54 Å². The van der Waals surface area contributed by atoms with Crippen molar-refractivity contribution in [1.82, 2.24) is 0 Å². The molecular formula is C15H16FNO. The zero-order valence-electron chi connectivity index (χ0n) is 10.5. The Balaban J connectivity index is 2.12. The van der Waals surface area contributed by atoms with E-state index in [4.69, 9.17) is 4.74 Å². The lowest BCUT2D eigenvalue weighted by molar-refractivity contribution is 0.410. The van der Waals surface area contributed by atoms with E-state index >= 15 is 0 Å². The number of anilines is 1. The van der Waals surface area contributed by atoms with Gasteiger partial charge in [0.05, 0.1) is 7.11 Å². The molecule has 1 N–H and O–H groups in total. The second kappa shape index (κ2) is 5.54. The smallest absolute Gasteiger partial charge is 0.125 e. The van der Waals surface area contributed by atoms with Gasteiger partial charge in [-0.3, -0.25) is 0 Å². The van der Waals surface area contributed by atoms with Crippen LogP contribution >= 0.6 is 0 Å². The first-order chi connectivity index (χ1) is 8.69. The fraction of sp³-hybridized carbons (Fsp3) is 0.200. The number of ether oxygens (including phenoxy) is 1. The van der Waals surface area contributed by atoms with Gasteiger partial charge in [0.1, 0.15) is 11.6 Å². The molecule has 0 saturated heterocycles. The lowest BCUT2D eigenvalue weighted by Gasteiger charge is -2.11. The quantitative estimate of drug-likeness (QED) is 0.885. The summed E-state index contributed by atoms with van der Waals surface area (Å²) in [6.45, 7) is 2.64. The van der Waals surface area contributed by atoms with Crippen LogP contribution in [0, 0.1) is 12.7 Å². The largest absolute Gasteiger partial charge is 0.496 e. The van der Waals surface area contributed by atoms with E-state index in [1.54, 1.807) is 13.2 Å². The Kier molecular flexibility index (Phi) is 3.82. The number of aryl methyl sites for hydroxylation is 1. The Morgan fingerprint density at radius 2 is 2.00 bits per heavy atom. The van der Waals surface area contributed by atoms with Crippen LogP contribution in [0.5, 0.6) is 5.75 Å². The van der Waals surface area contributed by atoms with E-state index in [0.717, 1.165) is 17.0 Å². The Labute approximate surface area is 106 Å². The van der Waals surface area contributed by atoms with Crippen molar-refractivity contribution in [3.8, 4) is 5.75 Å². The fourth-order valence-electron chi connectivity index (χ4n) is 1.84. The molecule has 0 aliphatic rings. The van der Waals surface area contributed by atoms with E-state index in [9.17, 15) is 4.39 Å². The molecule has 2 nitrogen and oxygen atoms in total. The molecule has 0 unspecified atom stereocenters. The van der Waals surface area contributed by atoms with Gasteiger partial charge in [0, 0.05) is 17.8 Å². The Morgan fingerprint density at radius 3 is 2.72 bits per heavy atom. The van der Waals surface area contributed by atoms with Gasteiger partial charge < -0.3 is 10.1 Å². The molecule has 2 aromatic carbocycles. The number of rotatable bonds is 4. The number of nitrogens with one attached hydrogen (secondary N) is 1. The Bertz CT molecular complexity index is 540. The highest BCUT2D eigenvalue weighted by atomic mass is 19.1. The predicted molar refractivity (Wildman–Crippen MR) is 71.5 cm³/mol. The topological polar surface area (TPSA) is 21.3 Å². The zero-order valence-corrected chi connectivity index (χ0v) is 10.5. The third-order valence-corrected chi connectivity index (χ3v) is 2.74. The van der Waals surface area contributed by atoms with E-state index in [1.807, 2.05) is 25.1 Å². The number of benzene rings is 2. The molecule has 0 aromatic heterocycles.